The second kappa shape index (κ2) is 13.2. The van der Waals surface area contributed by atoms with Crippen LogP contribution in [-0.4, -0.2) is 0 Å². The Hall–Kier alpha value is -0.770. The van der Waals surface area contributed by atoms with Crippen molar-refractivity contribution < 1.29 is 0 Å². The van der Waals surface area contributed by atoms with Crippen LogP contribution in [0.3, 0.4) is 0 Å². The molecule has 0 atom stereocenters. The molecular weight excluding hydrogens is 182 g/mol. The standard InChI is InChI=1S/C14H25N/c1-2-3-4-5-6-7-8-9-10-11-12-13-14-15/h12-13H,2-11H2,1H3. The Labute approximate surface area is 95.2 Å². The molecule has 0 aliphatic heterocycles. The molecule has 0 unspecified atom stereocenters. The topological polar surface area (TPSA) is 23.8 Å². The predicted octanol–water partition coefficient (Wildman–Crippen LogP) is 4.99. The first-order chi connectivity index (χ1) is 7.41. The fraction of sp³-hybridized carbons (Fsp3) is 0.786. The first kappa shape index (κ1) is 14.2. The number of unbranched alkanes of at least 4 members (excludes halogenated alkanes) is 9. The Balaban J connectivity index is 2.93. The van der Waals surface area contributed by atoms with Crippen molar-refractivity contribution in [3.8, 4) is 6.07 Å². The third kappa shape index (κ3) is 13.2. The monoisotopic (exact) mass is 207 g/mol. The van der Waals surface area contributed by atoms with Crippen molar-refractivity contribution in [1.82, 2.24) is 0 Å². The van der Waals surface area contributed by atoms with Crippen LogP contribution in [0.2, 0.25) is 0 Å². The van der Waals surface area contributed by atoms with Crippen LogP contribution in [0, 0.1) is 11.3 Å². The zero-order valence-electron chi connectivity index (χ0n) is 10.2. The summed E-state index contributed by atoms with van der Waals surface area (Å²) in [5.41, 5.74) is 0. The lowest BCUT2D eigenvalue weighted by Crippen LogP contribution is -1.80. The van der Waals surface area contributed by atoms with Gasteiger partial charge in [0.2, 0.25) is 0 Å². The minimum atomic E-state index is 1.07. The quantitative estimate of drug-likeness (QED) is 0.366. The zero-order valence-corrected chi connectivity index (χ0v) is 10.2. The molecular formula is C14H25N. The van der Waals surface area contributed by atoms with E-state index in [0.29, 0.717) is 0 Å². The van der Waals surface area contributed by atoms with Crippen LogP contribution in [0.15, 0.2) is 12.2 Å². The molecule has 0 aromatic carbocycles. The normalized spacial score (nSPS) is 10.7. The molecule has 0 radical (unpaired) electrons. The van der Waals surface area contributed by atoms with Gasteiger partial charge in [0.1, 0.15) is 0 Å². The summed E-state index contributed by atoms with van der Waals surface area (Å²) in [5.74, 6) is 0. The van der Waals surface area contributed by atoms with Crippen LogP contribution >= 0.6 is 0 Å². The van der Waals surface area contributed by atoms with Crippen LogP contribution in [0.5, 0.6) is 0 Å². The van der Waals surface area contributed by atoms with Gasteiger partial charge in [0.15, 0.2) is 0 Å². The molecule has 0 heterocycles. The summed E-state index contributed by atoms with van der Waals surface area (Å²) in [6.45, 7) is 2.26. The van der Waals surface area contributed by atoms with E-state index in [1.807, 2.05) is 12.1 Å². The Morgan fingerprint density at radius 1 is 0.867 bits per heavy atom. The van der Waals surface area contributed by atoms with E-state index in [-0.39, 0.29) is 0 Å². The number of nitrogens with zero attached hydrogens (tertiary/aromatic N) is 1. The van der Waals surface area contributed by atoms with E-state index in [4.69, 9.17) is 5.26 Å². The number of allylic oxidation sites excluding steroid dienone is 2. The fourth-order valence-corrected chi connectivity index (χ4v) is 1.71. The molecule has 0 rings (SSSR count). The Morgan fingerprint density at radius 3 is 1.93 bits per heavy atom. The van der Waals surface area contributed by atoms with Gasteiger partial charge in [-0.3, -0.25) is 0 Å². The van der Waals surface area contributed by atoms with Crippen molar-refractivity contribution in [3.05, 3.63) is 12.2 Å². The first-order valence-electron chi connectivity index (χ1n) is 6.46. The molecule has 86 valence electrons. The van der Waals surface area contributed by atoms with Gasteiger partial charge in [0.25, 0.3) is 0 Å². The molecule has 1 nitrogen and oxygen atoms in total. The second-order valence-electron chi connectivity index (χ2n) is 4.15. The van der Waals surface area contributed by atoms with E-state index in [0.717, 1.165) is 6.42 Å². The molecule has 0 aromatic heterocycles. The number of hydrogen-bond acceptors (Lipinski definition) is 1. The van der Waals surface area contributed by atoms with Crippen molar-refractivity contribution in [1.29, 1.82) is 5.26 Å². The van der Waals surface area contributed by atoms with Crippen LogP contribution < -0.4 is 0 Å². The summed E-state index contributed by atoms with van der Waals surface area (Å²) < 4.78 is 0. The van der Waals surface area contributed by atoms with Crippen molar-refractivity contribution in [2.45, 2.75) is 71.1 Å². The minimum absolute atomic E-state index is 1.07. The molecule has 0 N–H and O–H groups in total. The maximum atomic E-state index is 8.27. The molecule has 0 aliphatic carbocycles. The smallest absolute Gasteiger partial charge is 0.0908 e. The minimum Gasteiger partial charge on any atom is -0.193 e. The summed E-state index contributed by atoms with van der Waals surface area (Å²) >= 11 is 0. The Morgan fingerprint density at radius 2 is 1.40 bits per heavy atom. The zero-order chi connectivity index (χ0) is 11.2. The third-order valence-electron chi connectivity index (χ3n) is 2.67. The number of hydrogen-bond donors (Lipinski definition) is 0. The maximum absolute atomic E-state index is 8.27. The maximum Gasteiger partial charge on any atom is 0.0908 e. The lowest BCUT2D eigenvalue weighted by molar-refractivity contribution is 0.566. The van der Waals surface area contributed by atoms with Crippen LogP contribution in [0.4, 0.5) is 0 Å². The molecule has 0 saturated heterocycles. The lowest BCUT2D eigenvalue weighted by atomic mass is 10.1. The van der Waals surface area contributed by atoms with Gasteiger partial charge in [0.05, 0.1) is 6.07 Å². The highest BCUT2D eigenvalue weighted by Crippen LogP contribution is 2.10. The lowest BCUT2D eigenvalue weighted by Gasteiger charge is -2.00. The summed E-state index contributed by atoms with van der Waals surface area (Å²) in [4.78, 5) is 0. The summed E-state index contributed by atoms with van der Waals surface area (Å²) in [7, 11) is 0. The van der Waals surface area contributed by atoms with Crippen molar-refractivity contribution >= 4 is 0 Å². The van der Waals surface area contributed by atoms with E-state index in [9.17, 15) is 0 Å². The highest BCUT2D eigenvalue weighted by atomic mass is 14.2. The molecule has 15 heavy (non-hydrogen) atoms. The molecule has 0 saturated carbocycles. The largest absolute Gasteiger partial charge is 0.193 e. The van der Waals surface area contributed by atoms with Crippen molar-refractivity contribution in [2.75, 3.05) is 0 Å². The molecule has 0 fully saturated rings. The van der Waals surface area contributed by atoms with Gasteiger partial charge >= 0.3 is 0 Å². The van der Waals surface area contributed by atoms with Crippen LogP contribution in [-0.2, 0) is 0 Å². The van der Waals surface area contributed by atoms with Gasteiger partial charge in [-0.05, 0) is 12.8 Å². The summed E-state index contributed by atoms with van der Waals surface area (Å²) in [6, 6.07) is 2.02. The molecule has 0 bridgehead atoms. The second-order valence-corrected chi connectivity index (χ2v) is 4.15. The fourth-order valence-electron chi connectivity index (χ4n) is 1.71. The van der Waals surface area contributed by atoms with Gasteiger partial charge in [-0.25, -0.2) is 0 Å². The first-order valence-corrected chi connectivity index (χ1v) is 6.46. The molecule has 0 aliphatic rings. The van der Waals surface area contributed by atoms with Gasteiger partial charge in [-0.2, -0.15) is 5.26 Å². The van der Waals surface area contributed by atoms with Crippen LogP contribution in [0.25, 0.3) is 0 Å². The van der Waals surface area contributed by atoms with E-state index >= 15 is 0 Å². The average Bonchev–Trinajstić information content (AvgIpc) is 2.26. The number of nitriles is 1. The van der Waals surface area contributed by atoms with Crippen molar-refractivity contribution in [3.63, 3.8) is 0 Å². The molecule has 0 spiro atoms. The Kier molecular flexibility index (Phi) is 12.6. The summed E-state index contributed by atoms with van der Waals surface area (Å²) in [6.07, 6.45) is 17.0. The molecule has 1 heteroatoms. The van der Waals surface area contributed by atoms with Gasteiger partial charge in [-0.15, -0.1) is 0 Å². The Bertz CT molecular complexity index is 176. The number of rotatable bonds is 10. The predicted molar refractivity (Wildman–Crippen MR) is 66.6 cm³/mol. The highest BCUT2D eigenvalue weighted by molar-refractivity contribution is 5.01. The SMILES string of the molecule is CCCCCCCCCCCC=CC#N. The molecule has 0 amide bonds. The van der Waals surface area contributed by atoms with Gasteiger partial charge < -0.3 is 0 Å². The van der Waals surface area contributed by atoms with Gasteiger partial charge in [-0.1, -0.05) is 64.4 Å². The third-order valence-corrected chi connectivity index (χ3v) is 2.67. The van der Waals surface area contributed by atoms with Gasteiger partial charge in [0, 0.05) is 6.08 Å². The van der Waals surface area contributed by atoms with E-state index in [1.165, 1.54) is 57.8 Å². The molecule has 0 aromatic rings. The summed E-state index contributed by atoms with van der Waals surface area (Å²) in [5, 5.41) is 8.27. The van der Waals surface area contributed by atoms with E-state index in [2.05, 4.69) is 6.92 Å². The van der Waals surface area contributed by atoms with E-state index < -0.39 is 0 Å². The van der Waals surface area contributed by atoms with Crippen LogP contribution in [0.1, 0.15) is 71.1 Å². The van der Waals surface area contributed by atoms with Crippen molar-refractivity contribution in [2.24, 2.45) is 0 Å². The van der Waals surface area contributed by atoms with E-state index in [1.54, 1.807) is 6.08 Å². The average molecular weight is 207 g/mol. The highest BCUT2D eigenvalue weighted by Gasteiger charge is 1.90.